The Hall–Kier alpha value is -0.510. The monoisotopic (exact) mass is 250 g/mol. The minimum absolute atomic E-state index is 0.320. The van der Waals surface area contributed by atoms with Crippen LogP contribution in [0.2, 0.25) is 0 Å². The summed E-state index contributed by atoms with van der Waals surface area (Å²) in [5.41, 5.74) is 4.28. The zero-order valence-electron chi connectivity index (χ0n) is 10.5. The third-order valence-corrected chi connectivity index (χ3v) is 4.48. The summed E-state index contributed by atoms with van der Waals surface area (Å²) in [5.74, 6) is 7.67. The number of rotatable bonds is 6. The molecule has 1 aliphatic rings. The number of nitrogens with one attached hydrogen (secondary N) is 1. The van der Waals surface area contributed by atoms with E-state index in [0.717, 1.165) is 11.7 Å². The predicted molar refractivity (Wildman–Crippen MR) is 74.9 cm³/mol. The molecule has 0 heterocycles. The summed E-state index contributed by atoms with van der Waals surface area (Å²) in [4.78, 5) is 1.34. The van der Waals surface area contributed by atoms with Gasteiger partial charge in [0.25, 0.3) is 0 Å². The number of hydrogen-bond acceptors (Lipinski definition) is 3. The van der Waals surface area contributed by atoms with E-state index in [1.54, 1.807) is 0 Å². The van der Waals surface area contributed by atoms with E-state index in [-0.39, 0.29) is 0 Å². The van der Waals surface area contributed by atoms with Crippen molar-refractivity contribution in [1.82, 2.24) is 5.43 Å². The molecule has 3 heteroatoms. The molecule has 0 aromatic heterocycles. The molecule has 1 unspecified atom stereocenters. The first kappa shape index (κ1) is 12.9. The molecule has 0 amide bonds. The maximum Gasteiger partial charge on any atom is 0.0462 e. The average molecular weight is 250 g/mol. The molecule has 3 N–H and O–H groups in total. The number of hydrogen-bond donors (Lipinski definition) is 2. The van der Waals surface area contributed by atoms with Crippen molar-refractivity contribution in [3.8, 4) is 0 Å². The lowest BCUT2D eigenvalue weighted by atomic mass is 9.80. The lowest BCUT2D eigenvalue weighted by molar-refractivity contribution is 0.262. The molecule has 0 radical (unpaired) electrons. The van der Waals surface area contributed by atoms with E-state index in [9.17, 15) is 0 Å². The van der Waals surface area contributed by atoms with E-state index in [2.05, 4.69) is 36.6 Å². The summed E-state index contributed by atoms with van der Waals surface area (Å²) in [5, 5.41) is 0. The van der Waals surface area contributed by atoms with E-state index in [0.29, 0.717) is 6.04 Å². The summed E-state index contributed by atoms with van der Waals surface area (Å²) < 4.78 is 0. The van der Waals surface area contributed by atoms with Crippen LogP contribution >= 0.6 is 11.8 Å². The second-order valence-corrected chi connectivity index (χ2v) is 6.09. The molecule has 0 aliphatic heterocycles. The van der Waals surface area contributed by atoms with Gasteiger partial charge < -0.3 is 0 Å². The van der Waals surface area contributed by atoms with Crippen molar-refractivity contribution in [1.29, 1.82) is 0 Å². The molecule has 0 spiro atoms. The Labute approximate surface area is 108 Å². The van der Waals surface area contributed by atoms with Gasteiger partial charge in [0.05, 0.1) is 0 Å². The summed E-state index contributed by atoms with van der Waals surface area (Å²) in [7, 11) is 0. The van der Waals surface area contributed by atoms with Gasteiger partial charge >= 0.3 is 0 Å². The van der Waals surface area contributed by atoms with Crippen molar-refractivity contribution in [2.75, 3.05) is 5.75 Å². The summed E-state index contributed by atoms with van der Waals surface area (Å²) in [6.45, 7) is 2.18. The first-order valence-electron chi connectivity index (χ1n) is 6.52. The predicted octanol–water partition coefficient (Wildman–Crippen LogP) is 3.49. The Kier molecular flexibility index (Phi) is 4.89. The molecule has 2 rings (SSSR count). The lowest BCUT2D eigenvalue weighted by Crippen LogP contribution is -2.31. The van der Waals surface area contributed by atoms with Crippen LogP contribution in [0.3, 0.4) is 0 Å². The fourth-order valence-electron chi connectivity index (χ4n) is 2.33. The van der Waals surface area contributed by atoms with Crippen LogP contribution < -0.4 is 11.3 Å². The van der Waals surface area contributed by atoms with Crippen molar-refractivity contribution in [3.63, 3.8) is 0 Å². The molecular weight excluding hydrogens is 228 g/mol. The molecule has 1 saturated carbocycles. The van der Waals surface area contributed by atoms with Gasteiger partial charge in [-0.15, -0.1) is 11.8 Å². The average Bonchev–Trinajstić information content (AvgIpc) is 2.30. The summed E-state index contributed by atoms with van der Waals surface area (Å²) in [6, 6.07) is 9.15. The van der Waals surface area contributed by atoms with Crippen LogP contribution in [0.15, 0.2) is 29.2 Å². The largest absolute Gasteiger partial charge is 0.271 e. The first-order valence-corrected chi connectivity index (χ1v) is 7.51. The molecule has 1 fully saturated rings. The van der Waals surface area contributed by atoms with E-state index in [1.165, 1.54) is 36.1 Å². The van der Waals surface area contributed by atoms with Crippen molar-refractivity contribution in [3.05, 3.63) is 29.8 Å². The maximum absolute atomic E-state index is 5.67. The molecule has 1 aromatic carbocycles. The highest BCUT2D eigenvalue weighted by Crippen LogP contribution is 2.34. The van der Waals surface area contributed by atoms with Crippen molar-refractivity contribution in [2.45, 2.75) is 43.5 Å². The Morgan fingerprint density at radius 1 is 1.35 bits per heavy atom. The fourth-order valence-corrected chi connectivity index (χ4v) is 2.99. The molecule has 1 atom stereocenters. The van der Waals surface area contributed by atoms with Crippen LogP contribution in [0.4, 0.5) is 0 Å². The van der Waals surface area contributed by atoms with Crippen LogP contribution in [0.1, 0.15) is 44.2 Å². The van der Waals surface area contributed by atoms with Crippen LogP contribution in [0, 0.1) is 5.92 Å². The molecule has 0 saturated heterocycles. The van der Waals surface area contributed by atoms with E-state index < -0.39 is 0 Å². The van der Waals surface area contributed by atoms with E-state index in [4.69, 9.17) is 5.84 Å². The van der Waals surface area contributed by atoms with Gasteiger partial charge in [-0.25, -0.2) is 0 Å². The van der Waals surface area contributed by atoms with Gasteiger partial charge in [0, 0.05) is 10.9 Å². The molecule has 1 aliphatic carbocycles. The molecule has 94 valence electrons. The van der Waals surface area contributed by atoms with Gasteiger partial charge in [0.2, 0.25) is 0 Å². The van der Waals surface area contributed by atoms with Gasteiger partial charge in [-0.2, -0.15) is 0 Å². The number of thioether (sulfide) groups is 1. The molecule has 0 bridgehead atoms. The summed E-state index contributed by atoms with van der Waals surface area (Å²) >= 11 is 1.88. The Morgan fingerprint density at radius 3 is 2.53 bits per heavy atom. The second kappa shape index (κ2) is 6.43. The van der Waals surface area contributed by atoms with Gasteiger partial charge in [-0.3, -0.25) is 11.3 Å². The highest BCUT2D eigenvalue weighted by atomic mass is 32.2. The van der Waals surface area contributed by atoms with Gasteiger partial charge in [-0.1, -0.05) is 38.3 Å². The highest BCUT2D eigenvalue weighted by molar-refractivity contribution is 7.99. The quantitative estimate of drug-likeness (QED) is 0.461. The second-order valence-electron chi connectivity index (χ2n) is 4.75. The number of benzene rings is 1. The molecule has 2 nitrogen and oxygen atoms in total. The third-order valence-electron chi connectivity index (χ3n) is 3.59. The van der Waals surface area contributed by atoms with Gasteiger partial charge in [0.1, 0.15) is 0 Å². The maximum atomic E-state index is 5.67. The van der Waals surface area contributed by atoms with Crippen LogP contribution in [0.5, 0.6) is 0 Å². The van der Waals surface area contributed by atoms with Crippen LogP contribution in [0.25, 0.3) is 0 Å². The SMILES string of the molecule is CCSc1ccc(C(CC2CCC2)NN)cc1. The van der Waals surface area contributed by atoms with Crippen molar-refractivity contribution in [2.24, 2.45) is 11.8 Å². The van der Waals surface area contributed by atoms with Crippen LogP contribution in [-0.2, 0) is 0 Å². The zero-order chi connectivity index (χ0) is 12.1. The Bertz CT molecular complexity index is 333. The zero-order valence-corrected chi connectivity index (χ0v) is 11.3. The smallest absolute Gasteiger partial charge is 0.0462 e. The topological polar surface area (TPSA) is 38.0 Å². The number of hydrazine groups is 1. The minimum Gasteiger partial charge on any atom is -0.271 e. The first-order chi connectivity index (χ1) is 8.33. The van der Waals surface area contributed by atoms with Crippen LogP contribution in [-0.4, -0.2) is 5.75 Å². The molecule has 1 aromatic rings. The fraction of sp³-hybridized carbons (Fsp3) is 0.571. The van der Waals surface area contributed by atoms with Gasteiger partial charge in [0.15, 0.2) is 0 Å². The highest BCUT2D eigenvalue weighted by Gasteiger charge is 2.22. The Morgan fingerprint density at radius 2 is 2.06 bits per heavy atom. The minimum atomic E-state index is 0.320. The standard InChI is InChI=1S/C14H22N2S/c1-2-17-13-8-6-12(7-9-13)14(16-15)10-11-4-3-5-11/h6-9,11,14,16H,2-5,10,15H2,1H3. The number of nitrogens with two attached hydrogens (primary N) is 1. The third kappa shape index (κ3) is 3.47. The molecule has 17 heavy (non-hydrogen) atoms. The van der Waals surface area contributed by atoms with E-state index in [1.807, 2.05) is 11.8 Å². The normalized spacial score (nSPS) is 17.8. The molecular formula is C14H22N2S. The van der Waals surface area contributed by atoms with Crippen molar-refractivity contribution < 1.29 is 0 Å². The lowest BCUT2D eigenvalue weighted by Gasteiger charge is -2.29. The Balaban J connectivity index is 1.97. The van der Waals surface area contributed by atoms with E-state index >= 15 is 0 Å². The van der Waals surface area contributed by atoms with Crippen molar-refractivity contribution >= 4 is 11.8 Å². The van der Waals surface area contributed by atoms with Gasteiger partial charge in [-0.05, 0) is 35.8 Å². The summed E-state index contributed by atoms with van der Waals surface area (Å²) in [6.07, 6.45) is 5.33.